The summed E-state index contributed by atoms with van der Waals surface area (Å²) >= 11 is 0. The SMILES string of the molecule is CC(C)(C)[C@@H](NN)C(=O)O. The summed E-state index contributed by atoms with van der Waals surface area (Å²) in [6.45, 7) is 5.43. The third-order valence-electron chi connectivity index (χ3n) is 1.28. The molecular weight excluding hydrogens is 132 g/mol. The van der Waals surface area contributed by atoms with E-state index < -0.39 is 12.0 Å². The Kier molecular flexibility index (Phi) is 2.80. The fourth-order valence-electron chi connectivity index (χ4n) is 0.692. The maximum absolute atomic E-state index is 10.4. The first-order valence-electron chi connectivity index (χ1n) is 3.08. The Morgan fingerprint density at radius 3 is 2.00 bits per heavy atom. The van der Waals surface area contributed by atoms with Crippen molar-refractivity contribution in [3.05, 3.63) is 0 Å². The van der Waals surface area contributed by atoms with Crippen molar-refractivity contribution in [2.24, 2.45) is 11.3 Å². The fourth-order valence-corrected chi connectivity index (χ4v) is 0.692. The van der Waals surface area contributed by atoms with Gasteiger partial charge in [-0.05, 0) is 5.41 Å². The molecule has 0 aromatic rings. The highest BCUT2D eigenvalue weighted by Crippen LogP contribution is 2.18. The summed E-state index contributed by atoms with van der Waals surface area (Å²) in [4.78, 5) is 10.4. The molecule has 0 amide bonds. The number of nitrogens with two attached hydrogens (primary N) is 1. The number of nitrogens with one attached hydrogen (secondary N) is 1. The van der Waals surface area contributed by atoms with Crippen LogP contribution in [0.4, 0.5) is 0 Å². The van der Waals surface area contributed by atoms with E-state index in [4.69, 9.17) is 10.9 Å². The summed E-state index contributed by atoms with van der Waals surface area (Å²) in [5.41, 5.74) is 1.90. The average Bonchev–Trinajstić information content (AvgIpc) is 1.60. The van der Waals surface area contributed by atoms with Crippen LogP contribution in [-0.2, 0) is 4.79 Å². The van der Waals surface area contributed by atoms with Crippen LogP contribution in [0.25, 0.3) is 0 Å². The van der Waals surface area contributed by atoms with Gasteiger partial charge in [-0.1, -0.05) is 20.8 Å². The predicted octanol–water partition coefficient (Wildman–Crippen LogP) is -0.0510. The molecule has 4 heteroatoms. The number of hydrogen-bond donors (Lipinski definition) is 3. The molecule has 0 fully saturated rings. The van der Waals surface area contributed by atoms with Crippen molar-refractivity contribution in [3.63, 3.8) is 0 Å². The minimum atomic E-state index is -0.921. The smallest absolute Gasteiger partial charge is 0.322 e. The summed E-state index contributed by atoms with van der Waals surface area (Å²) in [5.74, 6) is 4.11. The van der Waals surface area contributed by atoms with Gasteiger partial charge in [0.15, 0.2) is 0 Å². The molecule has 4 nitrogen and oxygen atoms in total. The molecule has 0 saturated carbocycles. The molecule has 0 aliphatic carbocycles. The Bertz CT molecular complexity index is 128. The molecule has 60 valence electrons. The number of carboxylic acids is 1. The number of hydrogen-bond acceptors (Lipinski definition) is 3. The zero-order chi connectivity index (χ0) is 8.36. The van der Waals surface area contributed by atoms with Crippen LogP contribution < -0.4 is 11.3 Å². The first-order valence-corrected chi connectivity index (χ1v) is 3.08. The molecule has 0 rings (SSSR count). The molecule has 0 aromatic carbocycles. The molecule has 10 heavy (non-hydrogen) atoms. The highest BCUT2D eigenvalue weighted by atomic mass is 16.4. The molecule has 0 heterocycles. The molecule has 0 spiro atoms. The van der Waals surface area contributed by atoms with Crippen LogP contribution in [0.1, 0.15) is 20.8 Å². The van der Waals surface area contributed by atoms with Crippen LogP contribution in [0.5, 0.6) is 0 Å². The van der Waals surface area contributed by atoms with E-state index in [1.54, 1.807) is 0 Å². The zero-order valence-corrected chi connectivity index (χ0v) is 6.51. The van der Waals surface area contributed by atoms with Crippen LogP contribution >= 0.6 is 0 Å². The monoisotopic (exact) mass is 146 g/mol. The highest BCUT2D eigenvalue weighted by Gasteiger charge is 2.29. The number of carboxylic acid groups (broad SMARTS) is 1. The van der Waals surface area contributed by atoms with Gasteiger partial charge in [0.25, 0.3) is 0 Å². The van der Waals surface area contributed by atoms with Gasteiger partial charge in [0.2, 0.25) is 0 Å². The van der Waals surface area contributed by atoms with Gasteiger partial charge in [0.1, 0.15) is 6.04 Å². The van der Waals surface area contributed by atoms with Gasteiger partial charge in [-0.2, -0.15) is 0 Å². The Morgan fingerprint density at radius 2 is 2.00 bits per heavy atom. The molecule has 0 radical (unpaired) electrons. The Labute approximate surface area is 60.4 Å². The summed E-state index contributed by atoms with van der Waals surface area (Å²) in [5, 5.41) is 8.57. The second-order valence-corrected chi connectivity index (χ2v) is 3.30. The second-order valence-electron chi connectivity index (χ2n) is 3.30. The maximum Gasteiger partial charge on any atom is 0.322 e. The quantitative estimate of drug-likeness (QED) is 0.377. The number of rotatable bonds is 2. The molecule has 0 aromatic heterocycles. The normalized spacial score (nSPS) is 14.8. The molecule has 0 saturated heterocycles. The van der Waals surface area contributed by atoms with Crippen molar-refractivity contribution < 1.29 is 9.90 Å². The molecular formula is C6H14N2O2. The van der Waals surface area contributed by atoms with E-state index >= 15 is 0 Å². The van der Waals surface area contributed by atoms with Gasteiger partial charge in [-0.15, -0.1) is 0 Å². The van der Waals surface area contributed by atoms with E-state index in [0.717, 1.165) is 0 Å². The summed E-state index contributed by atoms with van der Waals surface area (Å²) in [7, 11) is 0. The number of hydrazine groups is 1. The molecule has 0 aliphatic rings. The number of carbonyl (C=O) groups is 1. The Balaban J connectivity index is 4.22. The van der Waals surface area contributed by atoms with Crippen molar-refractivity contribution in [2.75, 3.05) is 0 Å². The van der Waals surface area contributed by atoms with Crippen LogP contribution in [0.2, 0.25) is 0 Å². The van der Waals surface area contributed by atoms with Crippen molar-refractivity contribution in [1.82, 2.24) is 5.43 Å². The van der Waals surface area contributed by atoms with Gasteiger partial charge in [-0.3, -0.25) is 10.6 Å². The molecule has 1 atom stereocenters. The van der Waals surface area contributed by atoms with Gasteiger partial charge >= 0.3 is 5.97 Å². The zero-order valence-electron chi connectivity index (χ0n) is 6.51. The molecule has 0 aliphatic heterocycles. The standard InChI is InChI=1S/C6H14N2O2/c1-6(2,3)4(8-7)5(9)10/h4,8H,7H2,1-3H3,(H,9,10)/t4-/m0/s1. The minimum absolute atomic E-state index is 0.347. The third-order valence-corrected chi connectivity index (χ3v) is 1.28. The fraction of sp³-hybridized carbons (Fsp3) is 0.833. The van der Waals surface area contributed by atoms with Gasteiger partial charge in [-0.25, -0.2) is 5.43 Å². The molecule has 4 N–H and O–H groups in total. The van der Waals surface area contributed by atoms with E-state index in [1.165, 1.54) is 0 Å². The lowest BCUT2D eigenvalue weighted by molar-refractivity contribution is -0.142. The lowest BCUT2D eigenvalue weighted by Gasteiger charge is -2.25. The number of aliphatic carboxylic acids is 1. The van der Waals surface area contributed by atoms with E-state index in [-0.39, 0.29) is 5.41 Å². The van der Waals surface area contributed by atoms with Crippen molar-refractivity contribution >= 4 is 5.97 Å². The van der Waals surface area contributed by atoms with E-state index in [2.05, 4.69) is 5.43 Å². The van der Waals surface area contributed by atoms with Gasteiger partial charge in [0, 0.05) is 0 Å². The van der Waals surface area contributed by atoms with Crippen molar-refractivity contribution in [3.8, 4) is 0 Å². The highest BCUT2D eigenvalue weighted by molar-refractivity contribution is 5.74. The Hall–Kier alpha value is -0.610. The molecule has 0 bridgehead atoms. The van der Waals surface area contributed by atoms with Crippen LogP contribution in [-0.4, -0.2) is 17.1 Å². The molecule has 0 unspecified atom stereocenters. The first kappa shape index (κ1) is 9.39. The van der Waals surface area contributed by atoms with Crippen molar-refractivity contribution in [2.45, 2.75) is 26.8 Å². The lowest BCUT2D eigenvalue weighted by atomic mass is 9.87. The van der Waals surface area contributed by atoms with E-state index in [9.17, 15) is 4.79 Å². The van der Waals surface area contributed by atoms with E-state index in [0.29, 0.717) is 0 Å². The first-order chi connectivity index (χ1) is 4.39. The second kappa shape index (κ2) is 2.98. The maximum atomic E-state index is 10.4. The minimum Gasteiger partial charge on any atom is -0.480 e. The topological polar surface area (TPSA) is 75.3 Å². The van der Waals surface area contributed by atoms with E-state index in [1.807, 2.05) is 20.8 Å². The summed E-state index contributed by atoms with van der Waals surface area (Å²) in [6, 6.07) is -0.688. The average molecular weight is 146 g/mol. The summed E-state index contributed by atoms with van der Waals surface area (Å²) < 4.78 is 0. The van der Waals surface area contributed by atoms with Crippen LogP contribution in [0.15, 0.2) is 0 Å². The predicted molar refractivity (Wildman–Crippen MR) is 38.2 cm³/mol. The van der Waals surface area contributed by atoms with Gasteiger partial charge in [0.05, 0.1) is 0 Å². The lowest BCUT2D eigenvalue weighted by Crippen LogP contribution is -2.49. The summed E-state index contributed by atoms with van der Waals surface area (Å²) in [6.07, 6.45) is 0. The van der Waals surface area contributed by atoms with Crippen LogP contribution in [0, 0.1) is 5.41 Å². The van der Waals surface area contributed by atoms with Crippen LogP contribution in [0.3, 0.4) is 0 Å². The Morgan fingerprint density at radius 1 is 1.60 bits per heavy atom. The van der Waals surface area contributed by atoms with Crippen molar-refractivity contribution in [1.29, 1.82) is 0 Å². The van der Waals surface area contributed by atoms with Gasteiger partial charge < -0.3 is 5.11 Å². The largest absolute Gasteiger partial charge is 0.480 e. The third kappa shape index (κ3) is 2.33.